The molecule has 6 heteroatoms. The number of imide groups is 1. The monoisotopic (exact) mass is 405 g/mol. The van der Waals surface area contributed by atoms with Gasteiger partial charge in [-0.3, -0.25) is 24.3 Å². The van der Waals surface area contributed by atoms with Gasteiger partial charge in [-0.2, -0.15) is 0 Å². The van der Waals surface area contributed by atoms with Crippen LogP contribution in [-0.4, -0.2) is 46.1 Å². The zero-order chi connectivity index (χ0) is 21.1. The van der Waals surface area contributed by atoms with Crippen molar-refractivity contribution in [3.63, 3.8) is 0 Å². The van der Waals surface area contributed by atoms with E-state index in [4.69, 9.17) is 0 Å². The molecule has 156 valence electrons. The number of aromatic nitrogens is 1. The van der Waals surface area contributed by atoms with Gasteiger partial charge in [0.05, 0.1) is 23.6 Å². The summed E-state index contributed by atoms with van der Waals surface area (Å²) in [6.07, 6.45) is 5.40. The average Bonchev–Trinajstić information content (AvgIpc) is 3.03. The molecule has 0 spiro atoms. The summed E-state index contributed by atoms with van der Waals surface area (Å²) >= 11 is 0. The van der Waals surface area contributed by atoms with Gasteiger partial charge >= 0.3 is 0 Å². The number of pyridine rings is 1. The smallest absolute Gasteiger partial charge is 0.233 e. The predicted octanol–water partition coefficient (Wildman–Crippen LogP) is 3.19. The first-order valence-corrected chi connectivity index (χ1v) is 10.6. The van der Waals surface area contributed by atoms with E-state index in [0.717, 1.165) is 36.9 Å². The van der Waals surface area contributed by atoms with Crippen LogP contribution in [0.5, 0.6) is 0 Å². The SMILES string of the molecule is CN(C(=O)CCN1C(=O)C2CCCCC2C1=O)C(c1ccccc1)c1ccccn1. The lowest BCUT2D eigenvalue weighted by molar-refractivity contribution is -0.140. The number of benzene rings is 1. The molecule has 30 heavy (non-hydrogen) atoms. The van der Waals surface area contributed by atoms with E-state index in [1.807, 2.05) is 48.5 Å². The Bertz CT molecular complexity index is 852. The summed E-state index contributed by atoms with van der Waals surface area (Å²) in [5.74, 6) is -0.659. The molecule has 2 fully saturated rings. The van der Waals surface area contributed by atoms with Crippen molar-refractivity contribution in [2.24, 2.45) is 11.8 Å². The van der Waals surface area contributed by atoms with Gasteiger partial charge in [0.15, 0.2) is 0 Å². The van der Waals surface area contributed by atoms with Gasteiger partial charge in [0.1, 0.15) is 0 Å². The van der Waals surface area contributed by atoms with Gasteiger partial charge in [0.2, 0.25) is 17.7 Å². The minimum absolute atomic E-state index is 0.0931. The van der Waals surface area contributed by atoms with E-state index in [1.54, 1.807) is 18.1 Å². The molecular weight excluding hydrogens is 378 g/mol. The van der Waals surface area contributed by atoms with Crippen molar-refractivity contribution in [3.8, 4) is 0 Å². The fraction of sp³-hybridized carbons (Fsp3) is 0.417. The molecule has 3 unspecified atom stereocenters. The third kappa shape index (κ3) is 3.86. The highest BCUT2D eigenvalue weighted by Gasteiger charge is 2.47. The minimum atomic E-state index is -0.326. The lowest BCUT2D eigenvalue weighted by Gasteiger charge is -2.29. The summed E-state index contributed by atoms with van der Waals surface area (Å²) in [7, 11) is 1.75. The van der Waals surface area contributed by atoms with Crippen molar-refractivity contribution < 1.29 is 14.4 Å². The van der Waals surface area contributed by atoms with Crippen LogP contribution in [0.15, 0.2) is 54.7 Å². The number of hydrogen-bond donors (Lipinski definition) is 0. The van der Waals surface area contributed by atoms with Crippen LogP contribution < -0.4 is 0 Å². The lowest BCUT2D eigenvalue weighted by atomic mass is 9.81. The average molecular weight is 405 g/mol. The molecule has 2 aromatic rings. The van der Waals surface area contributed by atoms with Gasteiger partial charge in [0.25, 0.3) is 0 Å². The van der Waals surface area contributed by atoms with Gasteiger partial charge in [-0.15, -0.1) is 0 Å². The summed E-state index contributed by atoms with van der Waals surface area (Å²) < 4.78 is 0. The Morgan fingerprint density at radius 1 is 1.03 bits per heavy atom. The molecule has 2 aliphatic rings. The number of fused-ring (bicyclic) bond motifs is 1. The van der Waals surface area contributed by atoms with Crippen molar-refractivity contribution in [1.82, 2.24) is 14.8 Å². The van der Waals surface area contributed by atoms with E-state index in [0.29, 0.717) is 0 Å². The van der Waals surface area contributed by atoms with Crippen molar-refractivity contribution in [2.45, 2.75) is 38.1 Å². The number of carbonyl (C=O) groups is 3. The minimum Gasteiger partial charge on any atom is -0.333 e. The molecule has 1 saturated carbocycles. The molecule has 1 aliphatic carbocycles. The molecule has 3 atom stereocenters. The fourth-order valence-electron chi connectivity index (χ4n) is 4.74. The van der Waals surface area contributed by atoms with E-state index in [2.05, 4.69) is 4.98 Å². The van der Waals surface area contributed by atoms with Crippen LogP contribution in [0.25, 0.3) is 0 Å². The zero-order valence-corrected chi connectivity index (χ0v) is 17.2. The number of likely N-dealkylation sites (tertiary alicyclic amines) is 1. The summed E-state index contributed by atoms with van der Waals surface area (Å²) in [4.78, 5) is 45.9. The molecule has 3 amide bonds. The lowest BCUT2D eigenvalue weighted by Crippen LogP contribution is -2.37. The first-order valence-electron chi connectivity index (χ1n) is 10.6. The molecule has 1 aromatic carbocycles. The van der Waals surface area contributed by atoms with E-state index in [1.165, 1.54) is 4.90 Å². The quantitative estimate of drug-likeness (QED) is 0.692. The predicted molar refractivity (Wildman–Crippen MR) is 112 cm³/mol. The van der Waals surface area contributed by atoms with Gasteiger partial charge < -0.3 is 4.90 Å². The highest BCUT2D eigenvalue weighted by Crippen LogP contribution is 2.38. The maximum absolute atomic E-state index is 13.1. The van der Waals surface area contributed by atoms with Crippen LogP contribution in [0.2, 0.25) is 0 Å². The van der Waals surface area contributed by atoms with E-state index >= 15 is 0 Å². The topological polar surface area (TPSA) is 70.6 Å². The van der Waals surface area contributed by atoms with Crippen molar-refractivity contribution in [2.75, 3.05) is 13.6 Å². The molecule has 1 saturated heterocycles. The van der Waals surface area contributed by atoms with Gasteiger partial charge in [-0.05, 0) is 30.5 Å². The number of rotatable bonds is 6. The van der Waals surface area contributed by atoms with Crippen LogP contribution in [0.4, 0.5) is 0 Å². The Morgan fingerprint density at radius 3 is 2.27 bits per heavy atom. The van der Waals surface area contributed by atoms with Crippen LogP contribution in [0, 0.1) is 11.8 Å². The summed E-state index contributed by atoms with van der Waals surface area (Å²) in [5.41, 5.74) is 1.74. The number of carbonyl (C=O) groups excluding carboxylic acids is 3. The van der Waals surface area contributed by atoms with Crippen LogP contribution >= 0.6 is 0 Å². The number of hydrogen-bond acceptors (Lipinski definition) is 4. The molecule has 6 nitrogen and oxygen atoms in total. The molecule has 0 N–H and O–H groups in total. The van der Waals surface area contributed by atoms with E-state index in [9.17, 15) is 14.4 Å². The zero-order valence-electron chi connectivity index (χ0n) is 17.2. The Morgan fingerprint density at radius 2 is 1.67 bits per heavy atom. The molecule has 4 rings (SSSR count). The second kappa shape index (κ2) is 8.78. The molecular formula is C24H27N3O3. The van der Waals surface area contributed by atoms with Crippen LogP contribution in [-0.2, 0) is 14.4 Å². The second-order valence-electron chi connectivity index (χ2n) is 8.15. The van der Waals surface area contributed by atoms with Crippen molar-refractivity contribution in [3.05, 3.63) is 66.0 Å². The fourth-order valence-corrected chi connectivity index (χ4v) is 4.74. The number of amides is 3. The highest BCUT2D eigenvalue weighted by atomic mass is 16.2. The van der Waals surface area contributed by atoms with Crippen molar-refractivity contribution >= 4 is 17.7 Å². The Kier molecular flexibility index (Phi) is 5.93. The Balaban J connectivity index is 1.48. The summed E-state index contributed by atoms with van der Waals surface area (Å²) in [6.45, 7) is 0.150. The maximum Gasteiger partial charge on any atom is 0.233 e. The van der Waals surface area contributed by atoms with E-state index in [-0.39, 0.29) is 48.6 Å². The Labute approximate surface area is 176 Å². The third-order valence-corrected chi connectivity index (χ3v) is 6.35. The first-order chi connectivity index (χ1) is 14.6. The molecule has 1 aliphatic heterocycles. The normalized spacial score (nSPS) is 22.0. The first kappa shape index (κ1) is 20.3. The standard InChI is InChI=1S/C24H27N3O3/c1-26(22(17-9-3-2-4-10-17)20-13-7-8-15-25-20)21(28)14-16-27-23(29)18-11-5-6-12-19(18)24(27)30/h2-4,7-10,13,15,18-19,22H,5-6,11-12,14,16H2,1H3. The van der Waals surface area contributed by atoms with Gasteiger partial charge in [-0.25, -0.2) is 0 Å². The third-order valence-electron chi connectivity index (χ3n) is 6.35. The van der Waals surface area contributed by atoms with Crippen LogP contribution in [0.1, 0.15) is 49.4 Å². The van der Waals surface area contributed by atoms with Crippen molar-refractivity contribution in [1.29, 1.82) is 0 Å². The molecule has 0 bridgehead atoms. The van der Waals surface area contributed by atoms with Gasteiger partial charge in [-0.1, -0.05) is 49.2 Å². The molecule has 2 heterocycles. The maximum atomic E-state index is 13.1. The van der Waals surface area contributed by atoms with Gasteiger partial charge in [0, 0.05) is 26.2 Å². The van der Waals surface area contributed by atoms with E-state index < -0.39 is 0 Å². The highest BCUT2D eigenvalue weighted by molar-refractivity contribution is 6.05. The largest absolute Gasteiger partial charge is 0.333 e. The summed E-state index contributed by atoms with van der Waals surface area (Å²) in [6, 6.07) is 15.1. The summed E-state index contributed by atoms with van der Waals surface area (Å²) in [5, 5.41) is 0. The second-order valence-corrected chi connectivity index (χ2v) is 8.15. The van der Waals surface area contributed by atoms with Crippen LogP contribution in [0.3, 0.4) is 0 Å². The Hall–Kier alpha value is -3.02. The molecule has 1 aromatic heterocycles. The number of nitrogens with zero attached hydrogens (tertiary/aromatic N) is 3. The molecule has 0 radical (unpaired) electrons.